The number of methoxy groups -OCH3 is 1. The normalized spacial score (nSPS) is 21.3. The number of carbonyl (C=O) groups is 1. The first kappa shape index (κ1) is 14.2. The molecule has 0 aromatic rings. The van der Waals surface area contributed by atoms with E-state index >= 15 is 0 Å². The minimum Gasteiger partial charge on any atom is -0.466 e. The van der Waals surface area contributed by atoms with Crippen LogP contribution < -0.4 is 0 Å². The third-order valence-corrected chi connectivity index (χ3v) is 2.86. The summed E-state index contributed by atoms with van der Waals surface area (Å²) in [6.07, 6.45) is 3.41. The molecule has 0 atom stereocenters. The van der Waals surface area contributed by atoms with Gasteiger partial charge in [-0.1, -0.05) is 13.0 Å². The minimum absolute atomic E-state index is 0.245. The summed E-state index contributed by atoms with van der Waals surface area (Å²) >= 11 is 0. The van der Waals surface area contributed by atoms with E-state index in [-0.39, 0.29) is 5.97 Å². The minimum atomic E-state index is -0.476. The third-order valence-electron chi connectivity index (χ3n) is 2.86. The number of hydrogen-bond acceptors (Lipinski definition) is 4. The van der Waals surface area contributed by atoms with E-state index in [2.05, 4.69) is 0 Å². The van der Waals surface area contributed by atoms with E-state index in [0.29, 0.717) is 25.6 Å². The highest BCUT2D eigenvalue weighted by molar-refractivity contribution is 5.88. The van der Waals surface area contributed by atoms with Crippen LogP contribution in [0.1, 0.15) is 33.6 Å². The summed E-state index contributed by atoms with van der Waals surface area (Å²) < 4.78 is 15.8. The Labute approximate surface area is 103 Å². The molecule has 0 amide bonds. The monoisotopic (exact) mass is 242 g/mol. The van der Waals surface area contributed by atoms with Crippen LogP contribution in [-0.2, 0) is 19.0 Å². The lowest BCUT2D eigenvalue weighted by Crippen LogP contribution is -2.39. The van der Waals surface area contributed by atoms with Gasteiger partial charge < -0.3 is 14.2 Å². The predicted octanol–water partition coefficient (Wildman–Crippen LogP) is 2.29. The smallest absolute Gasteiger partial charge is 0.333 e. The predicted molar refractivity (Wildman–Crippen MR) is 64.5 cm³/mol. The standard InChI is InChI=1S/C13H22O4/c1-5-11(12(14)15-4)7-6-10-8-16-13(2,3)17-9-10/h7,10H,5-6,8-9H2,1-4H3. The second-order valence-corrected chi connectivity index (χ2v) is 4.70. The van der Waals surface area contributed by atoms with Crippen LogP contribution in [0.3, 0.4) is 0 Å². The van der Waals surface area contributed by atoms with Crippen molar-refractivity contribution in [3.8, 4) is 0 Å². The fourth-order valence-electron chi connectivity index (χ4n) is 1.67. The largest absolute Gasteiger partial charge is 0.466 e. The molecule has 98 valence electrons. The number of rotatable bonds is 4. The average molecular weight is 242 g/mol. The van der Waals surface area contributed by atoms with E-state index in [9.17, 15) is 4.79 Å². The summed E-state index contributed by atoms with van der Waals surface area (Å²) in [5, 5.41) is 0. The van der Waals surface area contributed by atoms with Crippen LogP contribution in [0.25, 0.3) is 0 Å². The van der Waals surface area contributed by atoms with Crippen molar-refractivity contribution in [2.45, 2.75) is 39.4 Å². The summed E-state index contributed by atoms with van der Waals surface area (Å²) in [5.41, 5.74) is 0.720. The van der Waals surface area contributed by atoms with E-state index in [1.165, 1.54) is 7.11 Å². The molecular weight excluding hydrogens is 220 g/mol. The van der Waals surface area contributed by atoms with Crippen molar-refractivity contribution in [1.29, 1.82) is 0 Å². The molecule has 0 N–H and O–H groups in total. The fourth-order valence-corrected chi connectivity index (χ4v) is 1.67. The van der Waals surface area contributed by atoms with Crippen LogP contribution in [0.5, 0.6) is 0 Å². The van der Waals surface area contributed by atoms with Crippen molar-refractivity contribution in [2.24, 2.45) is 5.92 Å². The number of hydrogen-bond donors (Lipinski definition) is 0. The molecule has 0 bridgehead atoms. The Balaban J connectivity index is 2.45. The van der Waals surface area contributed by atoms with Crippen molar-refractivity contribution in [3.05, 3.63) is 11.6 Å². The van der Waals surface area contributed by atoms with Gasteiger partial charge in [0.15, 0.2) is 5.79 Å². The Morgan fingerprint density at radius 2 is 2.00 bits per heavy atom. The van der Waals surface area contributed by atoms with Gasteiger partial charge in [-0.15, -0.1) is 0 Å². The van der Waals surface area contributed by atoms with Gasteiger partial charge in [0.25, 0.3) is 0 Å². The van der Waals surface area contributed by atoms with Gasteiger partial charge in [0, 0.05) is 11.5 Å². The molecule has 1 rings (SSSR count). The molecule has 0 aromatic carbocycles. The van der Waals surface area contributed by atoms with Crippen LogP contribution in [0.4, 0.5) is 0 Å². The fraction of sp³-hybridized carbons (Fsp3) is 0.769. The van der Waals surface area contributed by atoms with E-state index in [1.807, 2.05) is 26.8 Å². The molecule has 17 heavy (non-hydrogen) atoms. The van der Waals surface area contributed by atoms with Crippen molar-refractivity contribution in [1.82, 2.24) is 0 Å². The summed E-state index contributed by atoms with van der Waals surface area (Å²) in [6.45, 7) is 7.10. The van der Waals surface area contributed by atoms with Gasteiger partial charge >= 0.3 is 5.97 Å². The van der Waals surface area contributed by atoms with Gasteiger partial charge in [-0.3, -0.25) is 0 Å². The topological polar surface area (TPSA) is 44.8 Å². The molecule has 4 heteroatoms. The van der Waals surface area contributed by atoms with Gasteiger partial charge in [-0.05, 0) is 26.7 Å². The molecule has 0 unspecified atom stereocenters. The van der Waals surface area contributed by atoms with Crippen molar-refractivity contribution >= 4 is 5.97 Å². The van der Waals surface area contributed by atoms with Gasteiger partial charge in [0.05, 0.1) is 20.3 Å². The zero-order valence-corrected chi connectivity index (χ0v) is 11.1. The highest BCUT2D eigenvalue weighted by Gasteiger charge is 2.27. The zero-order chi connectivity index (χ0) is 12.9. The van der Waals surface area contributed by atoms with Crippen LogP contribution in [0.15, 0.2) is 11.6 Å². The van der Waals surface area contributed by atoms with Crippen LogP contribution in [0.2, 0.25) is 0 Å². The molecule has 0 saturated carbocycles. The maximum atomic E-state index is 11.4. The first-order valence-corrected chi connectivity index (χ1v) is 6.03. The maximum Gasteiger partial charge on any atom is 0.333 e. The lowest BCUT2D eigenvalue weighted by molar-refractivity contribution is -0.261. The van der Waals surface area contributed by atoms with Crippen LogP contribution in [0, 0.1) is 5.92 Å². The SMILES string of the molecule is CCC(=CCC1COC(C)(C)OC1)C(=O)OC. The van der Waals surface area contributed by atoms with Crippen molar-refractivity contribution in [2.75, 3.05) is 20.3 Å². The molecule has 1 heterocycles. The molecule has 0 radical (unpaired) electrons. The quantitative estimate of drug-likeness (QED) is 0.560. The van der Waals surface area contributed by atoms with E-state index in [1.54, 1.807) is 0 Å². The molecule has 0 spiro atoms. The maximum absolute atomic E-state index is 11.4. The van der Waals surface area contributed by atoms with E-state index < -0.39 is 5.79 Å². The summed E-state index contributed by atoms with van der Waals surface area (Å²) in [4.78, 5) is 11.4. The summed E-state index contributed by atoms with van der Waals surface area (Å²) in [5.74, 6) is -0.407. The van der Waals surface area contributed by atoms with Crippen LogP contribution >= 0.6 is 0 Å². The van der Waals surface area contributed by atoms with Crippen LogP contribution in [-0.4, -0.2) is 32.1 Å². The lowest BCUT2D eigenvalue weighted by Gasteiger charge is -2.34. The second kappa shape index (κ2) is 6.17. The second-order valence-electron chi connectivity index (χ2n) is 4.70. The molecule has 4 nitrogen and oxygen atoms in total. The number of carbonyl (C=O) groups excluding carboxylic acids is 1. The molecule has 1 fully saturated rings. The Kier molecular flexibility index (Phi) is 5.15. The highest BCUT2D eigenvalue weighted by atomic mass is 16.7. The molecule has 1 saturated heterocycles. The Bertz CT molecular complexity index is 284. The number of allylic oxidation sites excluding steroid dienone is 1. The third kappa shape index (κ3) is 4.48. The van der Waals surface area contributed by atoms with E-state index in [4.69, 9.17) is 14.2 Å². The Morgan fingerprint density at radius 1 is 1.41 bits per heavy atom. The van der Waals surface area contributed by atoms with E-state index in [0.717, 1.165) is 12.0 Å². The molecule has 0 aliphatic carbocycles. The molecule has 0 aromatic heterocycles. The highest BCUT2D eigenvalue weighted by Crippen LogP contribution is 2.23. The molecular formula is C13H22O4. The molecule has 1 aliphatic heterocycles. The van der Waals surface area contributed by atoms with Gasteiger partial charge in [0.2, 0.25) is 0 Å². The van der Waals surface area contributed by atoms with Crippen molar-refractivity contribution in [3.63, 3.8) is 0 Å². The molecule has 1 aliphatic rings. The van der Waals surface area contributed by atoms with Gasteiger partial charge in [-0.2, -0.15) is 0 Å². The first-order valence-electron chi connectivity index (χ1n) is 6.03. The van der Waals surface area contributed by atoms with Gasteiger partial charge in [0.1, 0.15) is 0 Å². The summed E-state index contributed by atoms with van der Waals surface area (Å²) in [7, 11) is 1.40. The Morgan fingerprint density at radius 3 is 2.47 bits per heavy atom. The number of ether oxygens (including phenoxy) is 3. The van der Waals surface area contributed by atoms with Crippen molar-refractivity contribution < 1.29 is 19.0 Å². The summed E-state index contributed by atoms with van der Waals surface area (Å²) in [6, 6.07) is 0. The lowest BCUT2D eigenvalue weighted by atomic mass is 10.0. The zero-order valence-electron chi connectivity index (χ0n) is 11.1. The Hall–Kier alpha value is -0.870. The van der Waals surface area contributed by atoms with Gasteiger partial charge in [-0.25, -0.2) is 4.79 Å². The first-order chi connectivity index (χ1) is 7.98. The average Bonchev–Trinajstić information content (AvgIpc) is 2.31. The number of esters is 1.